The number of benzene rings is 11. The molecule has 5 aliphatic rings. The molecule has 3 aromatic heterocycles. The number of fused-ring (bicyclic) bond motifs is 11. The predicted molar refractivity (Wildman–Crippen MR) is 381 cm³/mol. The van der Waals surface area contributed by atoms with Crippen LogP contribution in [0.3, 0.4) is 0 Å². The average Bonchev–Trinajstić information content (AvgIpc) is 1.08. The van der Waals surface area contributed by atoms with Gasteiger partial charge in [-0.3, -0.25) is 0 Å². The summed E-state index contributed by atoms with van der Waals surface area (Å²) in [4.78, 5) is 12.8. The zero-order valence-corrected chi connectivity index (χ0v) is 50.5. The summed E-state index contributed by atoms with van der Waals surface area (Å²) in [5.41, 5.74) is 28.2. The number of rotatable bonds is 7. The summed E-state index contributed by atoms with van der Waals surface area (Å²) in [5.74, 6) is 0.301. The molecule has 1 aliphatic carbocycles. The Balaban J connectivity index is 0.696. The molecule has 4 nitrogen and oxygen atoms in total. The molecule has 0 amide bonds. The molecule has 88 heavy (non-hydrogen) atoms. The van der Waals surface area contributed by atoms with Crippen molar-refractivity contribution in [2.45, 2.75) is 13.3 Å². The van der Waals surface area contributed by atoms with Crippen LogP contribution in [0.1, 0.15) is 23.6 Å². The van der Waals surface area contributed by atoms with Gasteiger partial charge in [-0.2, -0.15) is 0 Å². The normalized spacial score (nSPS) is 14.9. The molecule has 0 spiro atoms. The SMILES string of the molecule is CC1Cc2c(-c3ccc(N4c5ccccc5B5c6ccccc6N(c6ccccc6)c6cccc4c65)cc3)sc(-c3ccccc3)c2C=C1c1ccc2c(N3c4ccccc4B4c5ccccc5N(c5scc6ccccc56)c5cccc3c54)scc2c1. The van der Waals surface area contributed by atoms with Crippen LogP contribution in [0, 0.1) is 5.92 Å². The van der Waals surface area contributed by atoms with E-state index in [-0.39, 0.29) is 13.4 Å². The third-order valence-corrected chi connectivity index (χ3v) is 22.6. The van der Waals surface area contributed by atoms with E-state index in [0.717, 1.165) is 17.8 Å². The molecule has 11 aromatic carbocycles. The van der Waals surface area contributed by atoms with Gasteiger partial charge in [-0.1, -0.05) is 189 Å². The summed E-state index contributed by atoms with van der Waals surface area (Å²) < 4.78 is 0. The fraction of sp³-hybridized carbons (Fsp3) is 0.0380. The molecule has 4 aliphatic heterocycles. The lowest BCUT2D eigenvalue weighted by Crippen LogP contribution is -2.61. The van der Waals surface area contributed by atoms with Crippen molar-refractivity contribution in [3.8, 4) is 20.9 Å². The molecule has 0 saturated heterocycles. The average molecular weight is 1180 g/mol. The van der Waals surface area contributed by atoms with Crippen LogP contribution in [0.25, 0.3) is 54.1 Å². The molecule has 9 heteroatoms. The molecule has 14 aromatic rings. The summed E-state index contributed by atoms with van der Waals surface area (Å²) >= 11 is 5.64. The number of thiophene rings is 3. The Labute approximate surface area is 524 Å². The van der Waals surface area contributed by atoms with Crippen molar-refractivity contribution >= 4 is 180 Å². The Morgan fingerprint density at radius 2 is 0.795 bits per heavy atom. The number of hydrogen-bond acceptors (Lipinski definition) is 7. The first kappa shape index (κ1) is 50.3. The summed E-state index contributed by atoms with van der Waals surface area (Å²) in [6.07, 6.45) is 3.50. The maximum atomic E-state index is 2.57. The van der Waals surface area contributed by atoms with E-state index in [4.69, 9.17) is 0 Å². The largest absolute Gasteiger partial charge is 0.311 e. The molecule has 1 atom stereocenters. The minimum absolute atomic E-state index is 0.0984. The Hall–Kier alpha value is -9.89. The standard InChI is InChI=1S/C79H52B2N4S3/c1-49-44-60-61(46-59(49)52-40-43-58-54(45-52)48-87-79(58)85-69-33-17-13-29-65(69)81-64-28-12-16-32-68(64)84(72-36-19-37-73(85)75(72)81)78-57-25-9-8-22-53(57)47-86-78)76(50-20-4-2-5-21-50)88-77(60)51-38-41-56(42-39-51)83-67-31-15-11-27-63(67)80-62-26-10-14-30-66(62)82(55-23-6-3-7-24-55)70-34-18-35-71(83)74(70)80/h2-43,45-49H,44H2,1H3. The minimum Gasteiger partial charge on any atom is -0.311 e. The van der Waals surface area contributed by atoms with E-state index in [9.17, 15) is 0 Å². The van der Waals surface area contributed by atoms with Crippen LogP contribution < -0.4 is 52.4 Å². The van der Waals surface area contributed by atoms with E-state index in [2.05, 4.69) is 304 Å². The van der Waals surface area contributed by atoms with Gasteiger partial charge in [0.05, 0.1) is 0 Å². The fourth-order valence-electron chi connectivity index (χ4n) is 15.5. The molecule has 7 heterocycles. The number of para-hydroxylation sites is 5. The van der Waals surface area contributed by atoms with E-state index >= 15 is 0 Å². The van der Waals surface area contributed by atoms with Gasteiger partial charge in [0.25, 0.3) is 13.4 Å². The molecule has 0 saturated carbocycles. The maximum absolute atomic E-state index is 2.57. The molecule has 0 bridgehead atoms. The fourth-order valence-corrected chi connectivity index (χ4v) is 18.9. The van der Waals surface area contributed by atoms with Crippen molar-refractivity contribution in [1.82, 2.24) is 0 Å². The van der Waals surface area contributed by atoms with Crippen molar-refractivity contribution in [2.24, 2.45) is 5.92 Å². The number of nitrogens with zero attached hydrogens (tertiary/aromatic N) is 4. The lowest BCUT2D eigenvalue weighted by molar-refractivity contribution is 0.741. The summed E-state index contributed by atoms with van der Waals surface area (Å²) in [7, 11) is 0. The van der Waals surface area contributed by atoms with Gasteiger partial charge in [0.1, 0.15) is 10.0 Å². The van der Waals surface area contributed by atoms with Crippen LogP contribution in [0.4, 0.5) is 66.9 Å². The van der Waals surface area contributed by atoms with Gasteiger partial charge < -0.3 is 19.6 Å². The second-order valence-electron chi connectivity index (χ2n) is 23.9. The van der Waals surface area contributed by atoms with Crippen LogP contribution in [0.5, 0.6) is 0 Å². The number of anilines is 12. The molecule has 0 N–H and O–H groups in total. The Bertz CT molecular complexity index is 5220. The minimum atomic E-state index is 0.0984. The van der Waals surface area contributed by atoms with E-state index < -0.39 is 0 Å². The second kappa shape index (κ2) is 19.6. The summed E-state index contributed by atoms with van der Waals surface area (Å²) in [6, 6.07) is 97.6. The molecule has 0 fully saturated rings. The monoisotopic (exact) mass is 1170 g/mol. The molecular weight excluding hydrogens is 1120 g/mol. The van der Waals surface area contributed by atoms with Crippen LogP contribution in [-0.4, -0.2) is 13.4 Å². The second-order valence-corrected chi connectivity index (χ2v) is 26.7. The van der Waals surface area contributed by atoms with E-state index in [1.165, 1.54) is 153 Å². The first-order chi connectivity index (χ1) is 43.6. The molecular formula is C79H52B2N4S3. The predicted octanol–water partition coefficient (Wildman–Crippen LogP) is 18.4. The van der Waals surface area contributed by atoms with Gasteiger partial charge >= 0.3 is 0 Å². The highest BCUT2D eigenvalue weighted by Crippen LogP contribution is 2.53. The first-order valence-electron chi connectivity index (χ1n) is 30.5. The highest BCUT2D eigenvalue weighted by molar-refractivity contribution is 7.19. The Morgan fingerprint density at radius 1 is 0.364 bits per heavy atom. The number of hydrogen-bond donors (Lipinski definition) is 0. The summed E-state index contributed by atoms with van der Waals surface area (Å²) in [6.45, 7) is 2.64. The van der Waals surface area contributed by atoms with Crippen LogP contribution in [-0.2, 0) is 6.42 Å². The van der Waals surface area contributed by atoms with Gasteiger partial charge in [-0.05, 0) is 174 Å². The zero-order chi connectivity index (χ0) is 57.7. The first-order valence-corrected chi connectivity index (χ1v) is 33.1. The van der Waals surface area contributed by atoms with Crippen molar-refractivity contribution in [1.29, 1.82) is 0 Å². The highest BCUT2D eigenvalue weighted by Gasteiger charge is 2.45. The van der Waals surface area contributed by atoms with Crippen molar-refractivity contribution in [2.75, 3.05) is 19.6 Å². The molecule has 0 radical (unpaired) electrons. The van der Waals surface area contributed by atoms with Crippen molar-refractivity contribution in [3.05, 3.63) is 288 Å². The Kier molecular flexibility index (Phi) is 11.2. The van der Waals surface area contributed by atoms with Gasteiger partial charge in [-0.25, -0.2) is 0 Å². The lowest BCUT2D eigenvalue weighted by atomic mass is 9.33. The highest BCUT2D eigenvalue weighted by atomic mass is 32.1. The van der Waals surface area contributed by atoms with Crippen LogP contribution >= 0.6 is 34.0 Å². The topological polar surface area (TPSA) is 13.0 Å². The van der Waals surface area contributed by atoms with Crippen molar-refractivity contribution in [3.63, 3.8) is 0 Å². The van der Waals surface area contributed by atoms with Gasteiger partial charge in [0.15, 0.2) is 0 Å². The third kappa shape index (κ3) is 7.33. The third-order valence-electron chi connectivity index (χ3n) is 19.3. The smallest absolute Gasteiger partial charge is 0.252 e. The molecule has 1 unspecified atom stereocenters. The van der Waals surface area contributed by atoms with Gasteiger partial charge in [0, 0.05) is 88.2 Å². The van der Waals surface area contributed by atoms with Gasteiger partial charge in [-0.15, -0.1) is 34.0 Å². The van der Waals surface area contributed by atoms with E-state index in [1.54, 1.807) is 0 Å². The number of allylic oxidation sites excluding steroid dienone is 1. The quantitative estimate of drug-likeness (QED) is 0.147. The zero-order valence-electron chi connectivity index (χ0n) is 48.0. The van der Waals surface area contributed by atoms with Gasteiger partial charge in [0.2, 0.25) is 0 Å². The maximum Gasteiger partial charge on any atom is 0.252 e. The lowest BCUT2D eigenvalue weighted by Gasteiger charge is -2.44. The van der Waals surface area contributed by atoms with Crippen molar-refractivity contribution < 1.29 is 0 Å². The molecule has 412 valence electrons. The van der Waals surface area contributed by atoms with Crippen LogP contribution in [0.2, 0.25) is 0 Å². The van der Waals surface area contributed by atoms with Crippen LogP contribution in [0.15, 0.2) is 272 Å². The van der Waals surface area contributed by atoms with E-state index in [0.29, 0.717) is 5.92 Å². The Morgan fingerprint density at radius 3 is 1.38 bits per heavy atom. The summed E-state index contributed by atoms with van der Waals surface area (Å²) in [5, 5.41) is 12.3. The van der Waals surface area contributed by atoms with E-state index in [1.807, 2.05) is 34.0 Å². The molecule has 19 rings (SSSR count).